The summed E-state index contributed by atoms with van der Waals surface area (Å²) in [6.45, 7) is 2.34. The van der Waals surface area contributed by atoms with Crippen LogP contribution in [0.1, 0.15) is 5.82 Å². The Balaban J connectivity index is 2.16. The topological polar surface area (TPSA) is 58.4 Å². The summed E-state index contributed by atoms with van der Waals surface area (Å²) >= 11 is 5.94. The van der Waals surface area contributed by atoms with Crippen molar-refractivity contribution in [3.05, 3.63) is 18.0 Å². The maximum atomic E-state index is 5.94. The van der Waals surface area contributed by atoms with Crippen molar-refractivity contribution in [1.29, 1.82) is 0 Å². The Hall–Kier alpha value is -1.37. The summed E-state index contributed by atoms with van der Waals surface area (Å²) in [5, 5.41) is 0. The number of halogens is 1. The van der Waals surface area contributed by atoms with Crippen LogP contribution >= 0.6 is 11.6 Å². The highest BCUT2D eigenvalue weighted by atomic mass is 35.5. The van der Waals surface area contributed by atoms with E-state index < -0.39 is 0 Å². The Morgan fingerprint density at radius 1 is 1.15 bits per heavy atom. The number of nitrogens with zero attached hydrogens (tertiary/aromatic N) is 3. The third kappa shape index (κ3) is 3.39. The van der Waals surface area contributed by atoms with E-state index in [1.54, 1.807) is 20.3 Å². The molecule has 0 aliphatic carbocycles. The molecule has 20 heavy (non-hydrogen) atoms. The van der Waals surface area contributed by atoms with E-state index >= 15 is 0 Å². The molecule has 2 rings (SSSR count). The van der Waals surface area contributed by atoms with Crippen molar-refractivity contribution in [2.45, 2.75) is 12.4 Å². The van der Waals surface area contributed by atoms with Gasteiger partial charge in [-0.2, -0.15) is 4.98 Å². The van der Waals surface area contributed by atoms with E-state index in [0.29, 0.717) is 38.1 Å². The summed E-state index contributed by atoms with van der Waals surface area (Å²) < 4.78 is 17.5. The van der Waals surface area contributed by atoms with Crippen LogP contribution in [0.15, 0.2) is 12.1 Å². The van der Waals surface area contributed by atoms with Gasteiger partial charge in [-0.05, 0) is 6.07 Å². The smallest absolute Gasteiger partial charge is 0.215 e. The Bertz CT molecular complexity index is 559. The molecule has 0 fully saturated rings. The van der Waals surface area contributed by atoms with Gasteiger partial charge in [0.1, 0.15) is 11.3 Å². The van der Waals surface area contributed by atoms with Gasteiger partial charge in [0.25, 0.3) is 0 Å². The monoisotopic (exact) mass is 299 g/mol. The van der Waals surface area contributed by atoms with Crippen molar-refractivity contribution in [3.63, 3.8) is 0 Å². The van der Waals surface area contributed by atoms with Crippen LogP contribution in [0.25, 0.3) is 11.2 Å². The molecular formula is C13H18ClN3O3. The first kappa shape index (κ1) is 15.0. The van der Waals surface area contributed by atoms with E-state index in [9.17, 15) is 0 Å². The number of hydrogen-bond acceptors (Lipinski definition) is 5. The van der Waals surface area contributed by atoms with Crippen LogP contribution in [0.5, 0.6) is 5.88 Å². The van der Waals surface area contributed by atoms with E-state index in [2.05, 4.69) is 9.97 Å². The van der Waals surface area contributed by atoms with E-state index in [-0.39, 0.29) is 0 Å². The summed E-state index contributed by atoms with van der Waals surface area (Å²) in [5.41, 5.74) is 1.56. The number of imidazole rings is 1. The molecule has 2 aromatic heterocycles. The molecule has 0 atom stereocenters. The van der Waals surface area contributed by atoms with Crippen LogP contribution in [0.2, 0.25) is 0 Å². The molecule has 0 bridgehead atoms. The molecule has 7 heteroatoms. The molecule has 0 saturated heterocycles. The SMILES string of the molecule is COCCOCCn1c(CCl)nc2ccc(OC)nc21. The lowest BCUT2D eigenvalue weighted by Crippen LogP contribution is -2.11. The molecule has 0 spiro atoms. The van der Waals surface area contributed by atoms with Gasteiger partial charge >= 0.3 is 0 Å². The number of rotatable bonds is 8. The van der Waals surface area contributed by atoms with Crippen LogP contribution in [0.3, 0.4) is 0 Å². The normalized spacial score (nSPS) is 11.2. The van der Waals surface area contributed by atoms with Crippen molar-refractivity contribution in [2.75, 3.05) is 34.0 Å². The fourth-order valence-electron chi connectivity index (χ4n) is 1.88. The van der Waals surface area contributed by atoms with E-state index in [4.69, 9.17) is 25.8 Å². The number of hydrogen-bond donors (Lipinski definition) is 0. The number of fused-ring (bicyclic) bond motifs is 1. The molecule has 0 amide bonds. The highest BCUT2D eigenvalue weighted by Gasteiger charge is 2.12. The van der Waals surface area contributed by atoms with Gasteiger partial charge in [-0.25, -0.2) is 4.98 Å². The first-order chi connectivity index (χ1) is 9.80. The average molecular weight is 300 g/mol. The summed E-state index contributed by atoms with van der Waals surface area (Å²) in [6.07, 6.45) is 0. The molecule has 6 nitrogen and oxygen atoms in total. The predicted molar refractivity (Wildman–Crippen MR) is 76.3 cm³/mol. The number of pyridine rings is 1. The second-order valence-electron chi connectivity index (χ2n) is 4.11. The third-order valence-electron chi connectivity index (χ3n) is 2.87. The van der Waals surface area contributed by atoms with Crippen molar-refractivity contribution >= 4 is 22.8 Å². The molecular weight excluding hydrogens is 282 g/mol. The minimum absolute atomic E-state index is 0.330. The zero-order valence-corrected chi connectivity index (χ0v) is 12.4. The van der Waals surface area contributed by atoms with Gasteiger partial charge < -0.3 is 18.8 Å². The van der Waals surface area contributed by atoms with Crippen LogP contribution < -0.4 is 4.74 Å². The van der Waals surface area contributed by atoms with Crippen LogP contribution in [0.4, 0.5) is 0 Å². The number of ether oxygens (including phenoxy) is 3. The van der Waals surface area contributed by atoms with Crippen LogP contribution in [-0.2, 0) is 21.9 Å². The average Bonchev–Trinajstić information content (AvgIpc) is 2.84. The molecule has 0 aromatic carbocycles. The number of alkyl halides is 1. The molecule has 0 saturated carbocycles. The second-order valence-corrected chi connectivity index (χ2v) is 4.38. The van der Waals surface area contributed by atoms with Crippen molar-refractivity contribution < 1.29 is 14.2 Å². The maximum Gasteiger partial charge on any atom is 0.215 e. The fourth-order valence-corrected chi connectivity index (χ4v) is 2.09. The largest absolute Gasteiger partial charge is 0.481 e. The Morgan fingerprint density at radius 3 is 2.70 bits per heavy atom. The van der Waals surface area contributed by atoms with Gasteiger partial charge in [0.15, 0.2) is 5.65 Å². The van der Waals surface area contributed by atoms with E-state index in [0.717, 1.165) is 17.0 Å². The number of methoxy groups -OCH3 is 2. The van der Waals surface area contributed by atoms with Crippen LogP contribution in [0, 0.1) is 0 Å². The van der Waals surface area contributed by atoms with Gasteiger partial charge in [-0.15, -0.1) is 11.6 Å². The first-order valence-electron chi connectivity index (χ1n) is 6.33. The third-order valence-corrected chi connectivity index (χ3v) is 3.10. The molecule has 0 N–H and O–H groups in total. The Kier molecular flexibility index (Phi) is 5.58. The lowest BCUT2D eigenvalue weighted by atomic mass is 10.4. The minimum Gasteiger partial charge on any atom is -0.481 e. The van der Waals surface area contributed by atoms with Gasteiger partial charge in [-0.1, -0.05) is 0 Å². The van der Waals surface area contributed by atoms with Gasteiger partial charge in [0, 0.05) is 19.7 Å². The second kappa shape index (κ2) is 7.42. The molecule has 0 aliphatic rings. The highest BCUT2D eigenvalue weighted by molar-refractivity contribution is 6.16. The Morgan fingerprint density at radius 2 is 2.00 bits per heavy atom. The molecule has 2 aromatic rings. The zero-order valence-electron chi connectivity index (χ0n) is 11.6. The molecule has 110 valence electrons. The van der Waals surface area contributed by atoms with E-state index in [1.165, 1.54) is 0 Å². The predicted octanol–water partition coefficient (Wildman–Crippen LogP) is 1.84. The Labute approximate surface area is 122 Å². The summed E-state index contributed by atoms with van der Waals surface area (Å²) in [7, 11) is 3.24. The molecule has 0 unspecified atom stereocenters. The standard InChI is InChI=1S/C13H18ClN3O3/c1-18-7-8-20-6-5-17-11(9-14)15-10-3-4-12(19-2)16-13(10)17/h3-4H,5-9H2,1-2H3. The summed E-state index contributed by atoms with van der Waals surface area (Å²) in [6, 6.07) is 3.66. The highest BCUT2D eigenvalue weighted by Crippen LogP contribution is 2.19. The van der Waals surface area contributed by atoms with Gasteiger partial charge in [0.05, 0.1) is 32.8 Å². The van der Waals surface area contributed by atoms with Crippen molar-refractivity contribution in [2.24, 2.45) is 0 Å². The first-order valence-corrected chi connectivity index (χ1v) is 6.86. The maximum absolute atomic E-state index is 5.94. The zero-order chi connectivity index (χ0) is 14.4. The number of aromatic nitrogens is 3. The van der Waals surface area contributed by atoms with Crippen molar-refractivity contribution in [3.8, 4) is 5.88 Å². The van der Waals surface area contributed by atoms with Gasteiger partial charge in [0.2, 0.25) is 5.88 Å². The minimum atomic E-state index is 0.330. The molecule has 0 aliphatic heterocycles. The van der Waals surface area contributed by atoms with Crippen molar-refractivity contribution in [1.82, 2.24) is 14.5 Å². The summed E-state index contributed by atoms with van der Waals surface area (Å²) in [4.78, 5) is 8.87. The van der Waals surface area contributed by atoms with E-state index in [1.807, 2.05) is 10.6 Å². The summed E-state index contributed by atoms with van der Waals surface area (Å²) in [5.74, 6) is 1.66. The quantitative estimate of drug-likeness (QED) is 0.550. The molecule has 0 radical (unpaired) electrons. The fraction of sp³-hybridized carbons (Fsp3) is 0.538. The van der Waals surface area contributed by atoms with Crippen LogP contribution in [-0.4, -0.2) is 48.6 Å². The lowest BCUT2D eigenvalue weighted by molar-refractivity contribution is 0.0667. The van der Waals surface area contributed by atoms with Gasteiger partial charge in [-0.3, -0.25) is 0 Å². The molecule has 2 heterocycles. The lowest BCUT2D eigenvalue weighted by Gasteiger charge is -2.08.